The smallest absolute Gasteiger partial charge is 0.255 e. The van der Waals surface area contributed by atoms with Gasteiger partial charge in [-0.3, -0.25) is 4.79 Å². The first kappa shape index (κ1) is 21.2. The number of anilines is 1. The Labute approximate surface area is 169 Å². The third kappa shape index (κ3) is 5.11. The first-order chi connectivity index (χ1) is 13.8. The predicted molar refractivity (Wildman–Crippen MR) is 106 cm³/mol. The van der Waals surface area contributed by atoms with Gasteiger partial charge in [0.1, 0.15) is 11.6 Å². The summed E-state index contributed by atoms with van der Waals surface area (Å²) >= 11 is 0. The van der Waals surface area contributed by atoms with E-state index in [-0.39, 0.29) is 35.3 Å². The molecule has 0 radical (unpaired) electrons. The Kier molecular flexibility index (Phi) is 6.51. The number of halogens is 1. The molecule has 0 saturated carbocycles. The predicted octanol–water partition coefficient (Wildman–Crippen LogP) is 2.89. The zero-order valence-corrected chi connectivity index (χ0v) is 17.0. The molecular weight excluding hydrogens is 399 g/mol. The number of nitrogens with one attached hydrogen (secondary N) is 1. The number of amides is 1. The number of ether oxygens (including phenoxy) is 2. The fraction of sp³-hybridized carbons (Fsp3) is 0.350. The molecule has 1 aliphatic rings. The zero-order chi connectivity index (χ0) is 21.0. The molecule has 1 N–H and O–H groups in total. The zero-order valence-electron chi connectivity index (χ0n) is 16.2. The second kappa shape index (κ2) is 8.89. The maximum absolute atomic E-state index is 13.4. The molecule has 1 heterocycles. The van der Waals surface area contributed by atoms with Gasteiger partial charge in [-0.1, -0.05) is 6.07 Å². The molecule has 0 aliphatic carbocycles. The van der Waals surface area contributed by atoms with Crippen molar-refractivity contribution >= 4 is 21.6 Å². The van der Waals surface area contributed by atoms with Gasteiger partial charge in [-0.25, -0.2) is 12.8 Å². The molecule has 1 aliphatic heterocycles. The monoisotopic (exact) mass is 422 g/mol. The maximum atomic E-state index is 13.4. The van der Waals surface area contributed by atoms with Crippen LogP contribution in [-0.4, -0.2) is 51.0 Å². The normalized spacial score (nSPS) is 15.3. The summed E-state index contributed by atoms with van der Waals surface area (Å²) in [6.45, 7) is 4.82. The minimum absolute atomic E-state index is 0.0325. The van der Waals surface area contributed by atoms with Crippen molar-refractivity contribution in [1.82, 2.24) is 4.31 Å². The molecule has 0 aromatic heterocycles. The van der Waals surface area contributed by atoms with Crippen LogP contribution in [0.25, 0.3) is 0 Å². The summed E-state index contributed by atoms with van der Waals surface area (Å²) < 4.78 is 51.6. The van der Waals surface area contributed by atoms with E-state index in [4.69, 9.17) is 9.47 Å². The van der Waals surface area contributed by atoms with Gasteiger partial charge in [0.05, 0.1) is 29.9 Å². The summed E-state index contributed by atoms with van der Waals surface area (Å²) in [5.74, 6) is -0.787. The Morgan fingerprint density at radius 3 is 2.55 bits per heavy atom. The van der Waals surface area contributed by atoms with Crippen LogP contribution in [0.2, 0.25) is 0 Å². The number of carbonyl (C=O) groups is 1. The highest BCUT2D eigenvalue weighted by Crippen LogP contribution is 2.30. The average molecular weight is 422 g/mol. The number of sulfonamides is 1. The SMILES string of the molecule is CC(C)Oc1ccc(S(=O)(=O)N2CCOCC2)cc1NC(=O)c1cccc(F)c1. The van der Waals surface area contributed by atoms with Crippen molar-refractivity contribution in [2.75, 3.05) is 31.6 Å². The van der Waals surface area contributed by atoms with Crippen LogP contribution < -0.4 is 10.1 Å². The molecule has 29 heavy (non-hydrogen) atoms. The molecule has 7 nitrogen and oxygen atoms in total. The van der Waals surface area contributed by atoms with Crippen molar-refractivity contribution in [2.24, 2.45) is 0 Å². The molecule has 156 valence electrons. The van der Waals surface area contributed by atoms with Crippen LogP contribution in [0.1, 0.15) is 24.2 Å². The van der Waals surface area contributed by atoms with Gasteiger partial charge in [0.2, 0.25) is 10.0 Å². The fourth-order valence-electron chi connectivity index (χ4n) is 2.88. The van der Waals surface area contributed by atoms with E-state index < -0.39 is 21.7 Å². The summed E-state index contributed by atoms with van der Waals surface area (Å²) in [6.07, 6.45) is -0.193. The third-order valence-electron chi connectivity index (χ3n) is 4.26. The third-order valence-corrected chi connectivity index (χ3v) is 6.15. The molecule has 1 fully saturated rings. The molecule has 0 unspecified atom stereocenters. The summed E-state index contributed by atoms with van der Waals surface area (Å²) in [4.78, 5) is 12.6. The highest BCUT2D eigenvalue weighted by Gasteiger charge is 2.27. The van der Waals surface area contributed by atoms with Crippen LogP contribution in [0.3, 0.4) is 0 Å². The van der Waals surface area contributed by atoms with Crippen molar-refractivity contribution in [3.63, 3.8) is 0 Å². The largest absolute Gasteiger partial charge is 0.489 e. The molecule has 1 amide bonds. The Morgan fingerprint density at radius 2 is 1.90 bits per heavy atom. The van der Waals surface area contributed by atoms with Gasteiger partial charge in [0, 0.05) is 18.7 Å². The molecule has 0 bridgehead atoms. The summed E-state index contributed by atoms with van der Waals surface area (Å²) in [6, 6.07) is 9.55. The van der Waals surface area contributed by atoms with Gasteiger partial charge in [0.15, 0.2) is 0 Å². The van der Waals surface area contributed by atoms with Gasteiger partial charge in [-0.05, 0) is 50.2 Å². The number of rotatable bonds is 6. The lowest BCUT2D eigenvalue weighted by molar-refractivity contribution is 0.0730. The van der Waals surface area contributed by atoms with Gasteiger partial charge in [-0.2, -0.15) is 4.31 Å². The van der Waals surface area contributed by atoms with Gasteiger partial charge < -0.3 is 14.8 Å². The molecule has 9 heteroatoms. The van der Waals surface area contributed by atoms with Crippen molar-refractivity contribution < 1.29 is 27.1 Å². The van der Waals surface area contributed by atoms with Crippen LogP contribution in [0.4, 0.5) is 10.1 Å². The van der Waals surface area contributed by atoms with E-state index in [1.807, 2.05) is 13.8 Å². The maximum Gasteiger partial charge on any atom is 0.255 e. The van der Waals surface area contributed by atoms with Crippen LogP contribution in [0.15, 0.2) is 47.4 Å². The molecular formula is C20H23FN2O5S. The van der Waals surface area contributed by atoms with Crippen LogP contribution >= 0.6 is 0 Å². The Balaban J connectivity index is 1.94. The second-order valence-corrected chi connectivity index (χ2v) is 8.74. The lowest BCUT2D eigenvalue weighted by Crippen LogP contribution is -2.40. The number of hydrogen-bond acceptors (Lipinski definition) is 5. The summed E-state index contributed by atoms with van der Waals surface area (Å²) in [7, 11) is -3.75. The molecule has 0 atom stereocenters. The number of carbonyl (C=O) groups excluding carboxylic acids is 1. The van der Waals surface area contributed by atoms with Gasteiger partial charge in [0.25, 0.3) is 5.91 Å². The first-order valence-corrected chi connectivity index (χ1v) is 10.7. The Bertz CT molecular complexity index is 988. The Hall–Kier alpha value is -2.49. The van der Waals surface area contributed by atoms with E-state index >= 15 is 0 Å². The highest BCUT2D eigenvalue weighted by atomic mass is 32.2. The number of hydrogen-bond donors (Lipinski definition) is 1. The van der Waals surface area contributed by atoms with E-state index in [1.165, 1.54) is 40.7 Å². The van der Waals surface area contributed by atoms with Gasteiger partial charge in [-0.15, -0.1) is 0 Å². The van der Waals surface area contributed by atoms with Crippen LogP contribution in [0, 0.1) is 5.82 Å². The van der Waals surface area contributed by atoms with Crippen molar-refractivity contribution in [3.05, 3.63) is 53.8 Å². The van der Waals surface area contributed by atoms with E-state index in [0.29, 0.717) is 19.0 Å². The summed E-state index contributed by atoms with van der Waals surface area (Å²) in [5.41, 5.74) is 0.309. The molecule has 2 aromatic carbocycles. The minimum atomic E-state index is -3.75. The van der Waals surface area contributed by atoms with Crippen LogP contribution in [0.5, 0.6) is 5.75 Å². The molecule has 0 spiro atoms. The highest BCUT2D eigenvalue weighted by molar-refractivity contribution is 7.89. The second-order valence-electron chi connectivity index (χ2n) is 6.81. The van der Waals surface area contributed by atoms with Crippen molar-refractivity contribution in [2.45, 2.75) is 24.8 Å². The minimum Gasteiger partial charge on any atom is -0.489 e. The fourth-order valence-corrected chi connectivity index (χ4v) is 4.32. The standard InChI is InChI=1S/C20H23FN2O5S/c1-14(2)28-19-7-6-17(29(25,26)23-8-10-27-11-9-23)13-18(19)22-20(24)15-4-3-5-16(21)12-15/h3-7,12-14H,8-11H2,1-2H3,(H,22,24). The number of benzene rings is 2. The molecule has 3 rings (SSSR count). The number of morpholine rings is 1. The van der Waals surface area contributed by atoms with Crippen LogP contribution in [-0.2, 0) is 14.8 Å². The van der Waals surface area contributed by atoms with E-state index in [2.05, 4.69) is 5.32 Å². The van der Waals surface area contributed by atoms with Gasteiger partial charge >= 0.3 is 0 Å². The topological polar surface area (TPSA) is 84.9 Å². The van der Waals surface area contributed by atoms with Crippen molar-refractivity contribution in [1.29, 1.82) is 0 Å². The lowest BCUT2D eigenvalue weighted by Gasteiger charge is -2.26. The summed E-state index contributed by atoms with van der Waals surface area (Å²) in [5, 5.41) is 2.64. The average Bonchev–Trinajstić information content (AvgIpc) is 2.69. The first-order valence-electron chi connectivity index (χ1n) is 9.23. The molecule has 2 aromatic rings. The molecule has 1 saturated heterocycles. The number of nitrogens with zero attached hydrogens (tertiary/aromatic N) is 1. The van der Waals surface area contributed by atoms with Crippen molar-refractivity contribution in [3.8, 4) is 5.75 Å². The Morgan fingerprint density at radius 1 is 1.17 bits per heavy atom. The quantitative estimate of drug-likeness (QED) is 0.774. The van der Waals surface area contributed by atoms with E-state index in [0.717, 1.165) is 6.07 Å². The van der Waals surface area contributed by atoms with E-state index in [9.17, 15) is 17.6 Å². The lowest BCUT2D eigenvalue weighted by atomic mass is 10.2. The van der Waals surface area contributed by atoms with E-state index in [1.54, 1.807) is 0 Å².